The van der Waals surface area contributed by atoms with Crippen LogP contribution in [0.1, 0.15) is 5.56 Å². The minimum atomic E-state index is -0.954. The average molecular weight is 215 g/mol. The summed E-state index contributed by atoms with van der Waals surface area (Å²) in [5.41, 5.74) is 5.91. The summed E-state index contributed by atoms with van der Waals surface area (Å²) in [6, 6.07) is 2.52. The highest BCUT2D eigenvalue weighted by Crippen LogP contribution is 2.10. The molecule has 1 aromatic carbocycles. The molecule has 0 aromatic heterocycles. The molecular formula is C10H11F2NO2. The zero-order valence-corrected chi connectivity index (χ0v) is 8.17. The molecule has 0 spiro atoms. The standard InChI is InChI=1S/C10H11F2NO2/c1-15-10(14)9(13)5-6-2-3-7(11)8(12)4-6/h2-4,9H,5,13H2,1H3/t9-/m1/s1. The highest BCUT2D eigenvalue weighted by Gasteiger charge is 2.15. The van der Waals surface area contributed by atoms with Crippen molar-refractivity contribution in [1.29, 1.82) is 0 Å². The number of carbonyl (C=O) groups is 1. The second-order valence-electron chi connectivity index (χ2n) is 3.08. The molecule has 0 unspecified atom stereocenters. The Labute approximate surface area is 85.8 Å². The van der Waals surface area contributed by atoms with Crippen LogP contribution in [0.2, 0.25) is 0 Å². The van der Waals surface area contributed by atoms with Crippen molar-refractivity contribution in [1.82, 2.24) is 0 Å². The van der Waals surface area contributed by atoms with Crippen LogP contribution in [0.15, 0.2) is 18.2 Å². The Morgan fingerprint density at radius 2 is 2.13 bits per heavy atom. The number of rotatable bonds is 3. The van der Waals surface area contributed by atoms with E-state index in [0.717, 1.165) is 12.1 Å². The summed E-state index contributed by atoms with van der Waals surface area (Å²) in [5, 5.41) is 0. The van der Waals surface area contributed by atoms with Crippen molar-refractivity contribution in [2.75, 3.05) is 7.11 Å². The van der Waals surface area contributed by atoms with Crippen molar-refractivity contribution < 1.29 is 18.3 Å². The van der Waals surface area contributed by atoms with E-state index in [2.05, 4.69) is 4.74 Å². The van der Waals surface area contributed by atoms with E-state index < -0.39 is 23.6 Å². The molecule has 1 rings (SSSR count). The Kier molecular flexibility index (Phi) is 3.74. The minimum absolute atomic E-state index is 0.115. The number of halogens is 2. The third-order valence-corrected chi connectivity index (χ3v) is 1.94. The topological polar surface area (TPSA) is 52.3 Å². The normalized spacial score (nSPS) is 12.3. The number of methoxy groups -OCH3 is 1. The first-order chi connectivity index (χ1) is 7.04. The van der Waals surface area contributed by atoms with Gasteiger partial charge in [0.1, 0.15) is 6.04 Å². The maximum Gasteiger partial charge on any atom is 0.322 e. The molecule has 0 saturated heterocycles. The van der Waals surface area contributed by atoms with Gasteiger partial charge in [-0.2, -0.15) is 0 Å². The molecule has 1 aromatic rings. The van der Waals surface area contributed by atoms with Crippen LogP contribution in [0.25, 0.3) is 0 Å². The van der Waals surface area contributed by atoms with Gasteiger partial charge in [-0.15, -0.1) is 0 Å². The predicted molar refractivity (Wildman–Crippen MR) is 50.1 cm³/mol. The van der Waals surface area contributed by atoms with E-state index in [0.29, 0.717) is 5.56 Å². The summed E-state index contributed by atoms with van der Waals surface area (Å²) in [7, 11) is 1.22. The Bertz CT molecular complexity index is 368. The third-order valence-electron chi connectivity index (χ3n) is 1.94. The highest BCUT2D eigenvalue weighted by atomic mass is 19.2. The van der Waals surface area contributed by atoms with Crippen molar-refractivity contribution in [3.8, 4) is 0 Å². The lowest BCUT2D eigenvalue weighted by molar-refractivity contribution is -0.142. The number of benzene rings is 1. The molecule has 1 atom stereocenters. The fraction of sp³-hybridized carbons (Fsp3) is 0.300. The molecule has 2 N–H and O–H groups in total. The van der Waals surface area contributed by atoms with Gasteiger partial charge in [0.15, 0.2) is 11.6 Å². The van der Waals surface area contributed by atoms with Crippen LogP contribution in [0.4, 0.5) is 8.78 Å². The van der Waals surface area contributed by atoms with Crippen LogP contribution >= 0.6 is 0 Å². The molecule has 82 valence electrons. The summed E-state index contributed by atoms with van der Waals surface area (Å²) in [6.07, 6.45) is 0.115. The first-order valence-corrected chi connectivity index (χ1v) is 4.32. The van der Waals surface area contributed by atoms with E-state index in [1.807, 2.05) is 0 Å². The van der Waals surface area contributed by atoms with Crippen molar-refractivity contribution in [3.05, 3.63) is 35.4 Å². The molecule has 0 saturated carbocycles. The molecular weight excluding hydrogens is 204 g/mol. The minimum Gasteiger partial charge on any atom is -0.468 e. The Hall–Kier alpha value is -1.49. The maximum atomic E-state index is 12.8. The second kappa shape index (κ2) is 4.84. The zero-order valence-electron chi connectivity index (χ0n) is 8.17. The van der Waals surface area contributed by atoms with Gasteiger partial charge in [0, 0.05) is 0 Å². The van der Waals surface area contributed by atoms with E-state index in [1.165, 1.54) is 13.2 Å². The average Bonchev–Trinajstić information content (AvgIpc) is 2.22. The van der Waals surface area contributed by atoms with Crippen molar-refractivity contribution in [2.24, 2.45) is 5.73 Å². The van der Waals surface area contributed by atoms with E-state index in [4.69, 9.17) is 5.73 Å². The lowest BCUT2D eigenvalue weighted by atomic mass is 10.1. The molecule has 0 aliphatic carbocycles. The second-order valence-corrected chi connectivity index (χ2v) is 3.08. The van der Waals surface area contributed by atoms with Gasteiger partial charge in [0.25, 0.3) is 0 Å². The first kappa shape index (κ1) is 11.6. The van der Waals surface area contributed by atoms with Crippen LogP contribution in [-0.2, 0) is 16.0 Å². The number of carbonyl (C=O) groups excluding carboxylic acids is 1. The number of hydrogen-bond donors (Lipinski definition) is 1. The van der Waals surface area contributed by atoms with Gasteiger partial charge in [-0.25, -0.2) is 8.78 Å². The van der Waals surface area contributed by atoms with Crippen molar-refractivity contribution >= 4 is 5.97 Å². The summed E-state index contributed by atoms with van der Waals surface area (Å²) >= 11 is 0. The monoisotopic (exact) mass is 215 g/mol. The Morgan fingerprint density at radius 3 is 2.67 bits per heavy atom. The van der Waals surface area contributed by atoms with Gasteiger partial charge < -0.3 is 10.5 Å². The van der Waals surface area contributed by atoms with E-state index in [9.17, 15) is 13.6 Å². The first-order valence-electron chi connectivity index (χ1n) is 4.32. The number of esters is 1. The quantitative estimate of drug-likeness (QED) is 0.765. The summed E-state index contributed by atoms with van der Waals surface area (Å²) in [6.45, 7) is 0. The summed E-state index contributed by atoms with van der Waals surface area (Å²) in [4.78, 5) is 11.0. The molecule has 0 radical (unpaired) electrons. The Balaban J connectivity index is 2.73. The maximum absolute atomic E-state index is 12.8. The van der Waals surface area contributed by atoms with Crippen LogP contribution in [0.3, 0.4) is 0 Å². The van der Waals surface area contributed by atoms with Gasteiger partial charge in [0.2, 0.25) is 0 Å². The molecule has 0 aliphatic heterocycles. The van der Waals surface area contributed by atoms with Gasteiger partial charge in [0.05, 0.1) is 7.11 Å². The highest BCUT2D eigenvalue weighted by molar-refractivity contribution is 5.75. The molecule has 0 heterocycles. The van der Waals surface area contributed by atoms with E-state index in [1.54, 1.807) is 0 Å². The van der Waals surface area contributed by atoms with Crippen LogP contribution in [-0.4, -0.2) is 19.1 Å². The SMILES string of the molecule is COC(=O)[C@H](N)Cc1ccc(F)c(F)c1. The molecule has 3 nitrogen and oxygen atoms in total. The number of ether oxygens (including phenoxy) is 1. The van der Waals surface area contributed by atoms with Crippen LogP contribution in [0, 0.1) is 11.6 Å². The Morgan fingerprint density at radius 1 is 1.47 bits per heavy atom. The molecule has 0 aliphatic rings. The molecule has 0 bridgehead atoms. The fourth-order valence-corrected chi connectivity index (χ4v) is 1.16. The van der Waals surface area contributed by atoms with Crippen molar-refractivity contribution in [2.45, 2.75) is 12.5 Å². The van der Waals surface area contributed by atoms with Crippen molar-refractivity contribution in [3.63, 3.8) is 0 Å². The van der Waals surface area contributed by atoms with Gasteiger partial charge in [-0.3, -0.25) is 4.79 Å². The lowest BCUT2D eigenvalue weighted by Gasteiger charge is -2.08. The summed E-state index contributed by atoms with van der Waals surface area (Å²) < 4.78 is 29.8. The van der Waals surface area contributed by atoms with Gasteiger partial charge in [-0.1, -0.05) is 6.07 Å². The smallest absolute Gasteiger partial charge is 0.322 e. The predicted octanol–water partition coefficient (Wildman–Crippen LogP) is 1.01. The number of hydrogen-bond acceptors (Lipinski definition) is 3. The molecule has 5 heteroatoms. The fourth-order valence-electron chi connectivity index (χ4n) is 1.16. The molecule has 0 amide bonds. The van der Waals surface area contributed by atoms with E-state index >= 15 is 0 Å². The van der Waals surface area contributed by atoms with Crippen LogP contribution < -0.4 is 5.73 Å². The third kappa shape index (κ3) is 2.99. The molecule has 0 fully saturated rings. The van der Waals surface area contributed by atoms with Crippen LogP contribution in [0.5, 0.6) is 0 Å². The van der Waals surface area contributed by atoms with Gasteiger partial charge >= 0.3 is 5.97 Å². The molecule has 15 heavy (non-hydrogen) atoms. The zero-order chi connectivity index (χ0) is 11.4. The largest absolute Gasteiger partial charge is 0.468 e. The van der Waals surface area contributed by atoms with Gasteiger partial charge in [-0.05, 0) is 24.1 Å². The lowest BCUT2D eigenvalue weighted by Crippen LogP contribution is -2.33. The van der Waals surface area contributed by atoms with E-state index in [-0.39, 0.29) is 6.42 Å². The number of nitrogens with two attached hydrogens (primary N) is 1. The summed E-state index contributed by atoms with van der Waals surface area (Å²) in [5.74, 6) is -2.46.